The Morgan fingerprint density at radius 3 is 0.946 bits per heavy atom. The summed E-state index contributed by atoms with van der Waals surface area (Å²) in [6.45, 7) is 7.37. The summed E-state index contributed by atoms with van der Waals surface area (Å²) in [6.07, 6.45) is 28.7. The SMILES string of the molecule is CCCCCCCCCCCC[N+](C)(C)CCCCCCCCCCCC.O=C([O-])CCCC(=O)[O-].[Na+]. The van der Waals surface area contributed by atoms with Crippen molar-refractivity contribution < 1.29 is 53.8 Å². The molecule has 216 valence electrons. The number of hydrogen-bond acceptors (Lipinski definition) is 4. The summed E-state index contributed by atoms with van der Waals surface area (Å²) in [7, 11) is 4.89. The van der Waals surface area contributed by atoms with E-state index in [1.165, 1.54) is 146 Å². The Bertz CT molecular complexity index is 446. The minimum atomic E-state index is -1.23. The Balaban J connectivity index is -0.000000981. The van der Waals surface area contributed by atoms with Crippen molar-refractivity contribution in [1.82, 2.24) is 0 Å². The molecule has 0 saturated carbocycles. The van der Waals surface area contributed by atoms with E-state index in [1.54, 1.807) is 0 Å². The number of aliphatic carboxylic acids is 2. The number of hydrogen-bond donors (Lipinski definition) is 0. The Labute approximate surface area is 253 Å². The molecular weight excluding hydrogens is 473 g/mol. The van der Waals surface area contributed by atoms with Gasteiger partial charge >= 0.3 is 29.6 Å². The van der Waals surface area contributed by atoms with Crippen molar-refractivity contribution in [1.29, 1.82) is 0 Å². The van der Waals surface area contributed by atoms with Gasteiger partial charge in [0.2, 0.25) is 0 Å². The quantitative estimate of drug-likeness (QED) is 0.0964. The summed E-state index contributed by atoms with van der Waals surface area (Å²) in [5.41, 5.74) is 0. The van der Waals surface area contributed by atoms with Crippen molar-refractivity contribution in [3.63, 3.8) is 0 Å². The van der Waals surface area contributed by atoms with Crippen LogP contribution in [0.2, 0.25) is 0 Å². The number of carbonyl (C=O) groups is 2. The molecule has 0 rings (SSSR count). The molecule has 0 aliphatic carbocycles. The van der Waals surface area contributed by atoms with Crippen LogP contribution in [0.4, 0.5) is 0 Å². The van der Waals surface area contributed by atoms with Crippen molar-refractivity contribution >= 4 is 11.9 Å². The van der Waals surface area contributed by atoms with Gasteiger partial charge in [-0.3, -0.25) is 0 Å². The molecule has 37 heavy (non-hydrogen) atoms. The van der Waals surface area contributed by atoms with E-state index in [1.807, 2.05) is 0 Å². The molecule has 5 nitrogen and oxygen atoms in total. The van der Waals surface area contributed by atoms with Crippen LogP contribution in [0.3, 0.4) is 0 Å². The Morgan fingerprint density at radius 1 is 0.459 bits per heavy atom. The molecule has 0 unspecified atom stereocenters. The molecule has 0 heterocycles. The number of nitrogens with zero attached hydrogens (tertiary/aromatic N) is 1. The molecule has 0 radical (unpaired) electrons. The first-order valence-corrected chi connectivity index (χ1v) is 15.5. The van der Waals surface area contributed by atoms with Crippen LogP contribution in [0.25, 0.3) is 0 Å². The van der Waals surface area contributed by atoms with Gasteiger partial charge in [0, 0.05) is 11.9 Å². The summed E-state index contributed by atoms with van der Waals surface area (Å²) in [4.78, 5) is 19.3. The largest absolute Gasteiger partial charge is 1.00 e. The number of unbranched alkanes of at least 4 members (excludes halogenated alkanes) is 18. The van der Waals surface area contributed by atoms with Gasteiger partial charge in [0.1, 0.15) is 0 Å². The molecule has 0 aromatic rings. The fourth-order valence-corrected chi connectivity index (χ4v) is 4.54. The van der Waals surface area contributed by atoms with Gasteiger partial charge in [-0.2, -0.15) is 0 Å². The zero-order valence-electron chi connectivity index (χ0n) is 25.8. The van der Waals surface area contributed by atoms with E-state index >= 15 is 0 Å². The van der Waals surface area contributed by atoms with Gasteiger partial charge in [0.15, 0.2) is 0 Å². The zero-order valence-corrected chi connectivity index (χ0v) is 27.8. The Hall–Kier alpha value is -0.100. The number of rotatable bonds is 26. The third-order valence-corrected chi connectivity index (χ3v) is 7.00. The van der Waals surface area contributed by atoms with E-state index in [-0.39, 0.29) is 48.8 Å². The van der Waals surface area contributed by atoms with Crippen LogP contribution in [0.1, 0.15) is 162 Å². The maximum atomic E-state index is 9.66. The summed E-state index contributed by atoms with van der Waals surface area (Å²) in [6, 6.07) is 0. The first-order chi connectivity index (χ1) is 17.2. The van der Waals surface area contributed by atoms with Crippen molar-refractivity contribution in [3.8, 4) is 0 Å². The molecule has 0 aliphatic rings. The van der Waals surface area contributed by atoms with E-state index in [0.29, 0.717) is 0 Å². The van der Waals surface area contributed by atoms with Crippen molar-refractivity contribution in [2.45, 2.75) is 162 Å². The van der Waals surface area contributed by atoms with Crippen molar-refractivity contribution in [2.75, 3.05) is 27.2 Å². The normalized spacial score (nSPS) is 10.9. The third kappa shape index (κ3) is 40.5. The molecule has 0 amide bonds. The van der Waals surface area contributed by atoms with E-state index in [2.05, 4.69) is 27.9 Å². The van der Waals surface area contributed by atoms with Gasteiger partial charge in [-0.1, -0.05) is 117 Å². The molecule has 0 aromatic carbocycles. The third-order valence-electron chi connectivity index (χ3n) is 7.00. The van der Waals surface area contributed by atoms with Crippen LogP contribution in [0, 0.1) is 0 Å². The van der Waals surface area contributed by atoms with Crippen LogP contribution < -0.4 is 39.8 Å². The monoisotopic (exact) mass is 535 g/mol. The molecule has 0 N–H and O–H groups in total. The number of quaternary nitrogens is 1. The molecule has 0 bridgehead atoms. The second-order valence-electron chi connectivity index (χ2n) is 11.3. The number of carbonyl (C=O) groups excluding carboxylic acids is 2. The fourth-order valence-electron chi connectivity index (χ4n) is 4.54. The molecule has 6 heteroatoms. The van der Waals surface area contributed by atoms with Gasteiger partial charge < -0.3 is 24.3 Å². The van der Waals surface area contributed by atoms with Gasteiger partial charge in [-0.25, -0.2) is 0 Å². The predicted octanol–water partition coefficient (Wildman–Crippen LogP) is 3.57. The maximum Gasteiger partial charge on any atom is 1.00 e. The van der Waals surface area contributed by atoms with Gasteiger partial charge in [0.05, 0.1) is 27.2 Å². The van der Waals surface area contributed by atoms with E-state index in [4.69, 9.17) is 0 Å². The zero-order chi connectivity index (χ0) is 27.3. The van der Waals surface area contributed by atoms with Crippen LogP contribution in [-0.2, 0) is 9.59 Å². The molecular formula is C31H62NNaO4. The Kier molecular flexibility index (Phi) is 35.9. The molecule has 0 spiro atoms. The first kappa shape index (κ1) is 41.4. The van der Waals surface area contributed by atoms with E-state index < -0.39 is 11.9 Å². The predicted molar refractivity (Wildman–Crippen MR) is 149 cm³/mol. The average molecular weight is 536 g/mol. The van der Waals surface area contributed by atoms with Crippen molar-refractivity contribution in [3.05, 3.63) is 0 Å². The number of carboxylic acid groups (broad SMARTS) is 2. The van der Waals surface area contributed by atoms with Crippen molar-refractivity contribution in [2.24, 2.45) is 0 Å². The molecule has 0 aromatic heterocycles. The van der Waals surface area contributed by atoms with E-state index in [9.17, 15) is 19.8 Å². The first-order valence-electron chi connectivity index (χ1n) is 15.5. The topological polar surface area (TPSA) is 80.3 Å². The van der Waals surface area contributed by atoms with E-state index in [0.717, 1.165) is 0 Å². The average Bonchev–Trinajstić information content (AvgIpc) is 2.81. The van der Waals surface area contributed by atoms with Crippen LogP contribution in [-0.4, -0.2) is 43.6 Å². The summed E-state index contributed by atoms with van der Waals surface area (Å²) in [5.74, 6) is -2.45. The second kappa shape index (κ2) is 32.1. The minimum absolute atomic E-state index is 0. The van der Waals surface area contributed by atoms with Gasteiger partial charge in [-0.15, -0.1) is 0 Å². The van der Waals surface area contributed by atoms with Gasteiger partial charge in [-0.05, 0) is 44.9 Å². The molecule has 0 saturated heterocycles. The smallest absolute Gasteiger partial charge is 0.550 e. The molecule has 0 aliphatic heterocycles. The van der Waals surface area contributed by atoms with Gasteiger partial charge in [0.25, 0.3) is 0 Å². The number of carboxylic acids is 2. The summed E-state index contributed by atoms with van der Waals surface area (Å²) < 4.78 is 1.24. The van der Waals surface area contributed by atoms with Crippen LogP contribution >= 0.6 is 0 Å². The minimum Gasteiger partial charge on any atom is -0.550 e. The Morgan fingerprint density at radius 2 is 0.703 bits per heavy atom. The standard InChI is InChI=1S/C26H56N.C5H8O4.Na/c1-5-7-9-11-13-15-17-19-21-23-25-27(3,4)26-24-22-20-18-16-14-12-10-8-6-2;6-4(7)2-1-3-5(8)9;/h5-26H2,1-4H3;1-3H2,(H,6,7)(H,8,9);/q+1;;+1/p-2. The second-order valence-corrected chi connectivity index (χ2v) is 11.3. The molecule has 0 fully saturated rings. The summed E-state index contributed by atoms with van der Waals surface area (Å²) >= 11 is 0. The van der Waals surface area contributed by atoms with Crippen LogP contribution in [0.5, 0.6) is 0 Å². The fraction of sp³-hybridized carbons (Fsp3) is 0.935. The summed E-state index contributed by atoms with van der Waals surface area (Å²) in [5, 5.41) is 19.3. The molecule has 0 atom stereocenters. The van der Waals surface area contributed by atoms with Crippen LogP contribution in [0.15, 0.2) is 0 Å². The maximum absolute atomic E-state index is 9.66.